The van der Waals surface area contributed by atoms with Crippen molar-refractivity contribution in [2.45, 2.75) is 109 Å². The monoisotopic (exact) mass is 643 g/mol. The number of β-amino-alcohol motifs (C(OH)–C–C–N with tert-alkyl or cyclic N) is 1. The summed E-state index contributed by atoms with van der Waals surface area (Å²) in [4.78, 5) is 38.6. The molecule has 252 valence electrons. The standard InChI is InChI=1S/C37H49N5O5/c1-25-36(47-24-38-25)23-46-33-10-8-29-21-41(15-12-28(29)18-33)22-32(44)9-11-35(45)30-19-34(27-6-4-3-5-7-27)40-37(20-30)39-31-13-16-42(17-14-31)26(2)43/h8,10,18-20,24,27,31-32,44H,3-7,9,11-17,21-23H2,1-2H3,(H,39,40)/t32-/m0/s1. The van der Waals surface area contributed by atoms with E-state index >= 15 is 0 Å². The number of hydrogen-bond donors (Lipinski definition) is 2. The first-order chi connectivity index (χ1) is 22.8. The van der Waals surface area contributed by atoms with E-state index in [-0.39, 0.29) is 17.7 Å². The first-order valence-corrected chi connectivity index (χ1v) is 17.4. The van der Waals surface area contributed by atoms with Gasteiger partial charge in [-0.25, -0.2) is 9.97 Å². The van der Waals surface area contributed by atoms with Crippen molar-refractivity contribution in [2.24, 2.45) is 0 Å². The predicted octanol–water partition coefficient (Wildman–Crippen LogP) is 5.81. The summed E-state index contributed by atoms with van der Waals surface area (Å²) in [6.07, 6.45) is 10.0. The molecule has 47 heavy (non-hydrogen) atoms. The number of oxazole rings is 1. The second-order valence-corrected chi connectivity index (χ2v) is 13.6. The molecule has 3 aliphatic rings. The van der Waals surface area contributed by atoms with Crippen LogP contribution in [0.4, 0.5) is 5.82 Å². The number of rotatable bonds is 12. The van der Waals surface area contributed by atoms with Crippen molar-refractivity contribution in [1.82, 2.24) is 19.8 Å². The van der Waals surface area contributed by atoms with E-state index in [1.54, 1.807) is 6.92 Å². The summed E-state index contributed by atoms with van der Waals surface area (Å²) in [7, 11) is 0. The Labute approximate surface area is 277 Å². The minimum atomic E-state index is -0.586. The molecule has 0 unspecified atom stereocenters. The van der Waals surface area contributed by atoms with Gasteiger partial charge in [0.15, 0.2) is 17.9 Å². The molecule has 6 rings (SSSR count). The summed E-state index contributed by atoms with van der Waals surface area (Å²) >= 11 is 0. The summed E-state index contributed by atoms with van der Waals surface area (Å²) in [6, 6.07) is 10.3. The smallest absolute Gasteiger partial charge is 0.219 e. The lowest BCUT2D eigenvalue weighted by Crippen LogP contribution is -2.41. The van der Waals surface area contributed by atoms with E-state index in [0.717, 1.165) is 87.0 Å². The van der Waals surface area contributed by atoms with Crippen molar-refractivity contribution in [3.8, 4) is 5.75 Å². The Hall–Kier alpha value is -3.76. The number of aliphatic hydroxyl groups excluding tert-OH is 1. The van der Waals surface area contributed by atoms with Gasteiger partial charge in [-0.2, -0.15) is 0 Å². The highest BCUT2D eigenvalue weighted by molar-refractivity contribution is 5.96. The van der Waals surface area contributed by atoms with Crippen LogP contribution in [0.15, 0.2) is 41.1 Å². The summed E-state index contributed by atoms with van der Waals surface area (Å²) in [6.45, 7) is 7.49. The van der Waals surface area contributed by atoms with Crippen LogP contribution >= 0.6 is 0 Å². The van der Waals surface area contributed by atoms with Crippen LogP contribution in [0.3, 0.4) is 0 Å². The molecule has 0 radical (unpaired) electrons. The highest BCUT2D eigenvalue weighted by Gasteiger charge is 2.25. The number of aryl methyl sites for hydroxylation is 1. The number of carbonyl (C=O) groups is 2. The molecule has 2 aliphatic heterocycles. The quantitative estimate of drug-likeness (QED) is 0.236. The number of nitrogens with zero attached hydrogens (tertiary/aromatic N) is 4. The van der Waals surface area contributed by atoms with E-state index < -0.39 is 6.10 Å². The Bertz CT molecular complexity index is 1530. The van der Waals surface area contributed by atoms with Crippen molar-refractivity contribution < 1.29 is 23.8 Å². The van der Waals surface area contributed by atoms with Crippen molar-refractivity contribution in [3.63, 3.8) is 0 Å². The Morgan fingerprint density at radius 2 is 1.87 bits per heavy atom. The van der Waals surface area contributed by atoms with Crippen molar-refractivity contribution in [2.75, 3.05) is 31.5 Å². The number of aliphatic hydroxyl groups is 1. The van der Waals surface area contributed by atoms with E-state index in [4.69, 9.17) is 14.1 Å². The SMILES string of the molecule is CC(=O)N1CCC(Nc2cc(C(=O)CC[C@H](O)CN3CCc4cc(OCc5ocnc5C)ccc4C3)cc(C3CCCCC3)n2)CC1. The van der Waals surface area contributed by atoms with Gasteiger partial charge in [0.25, 0.3) is 0 Å². The minimum absolute atomic E-state index is 0.0509. The molecule has 10 nitrogen and oxygen atoms in total. The van der Waals surface area contributed by atoms with Gasteiger partial charge in [-0.15, -0.1) is 0 Å². The number of aromatic nitrogens is 2. The maximum atomic E-state index is 13.5. The van der Waals surface area contributed by atoms with E-state index in [1.165, 1.54) is 36.8 Å². The van der Waals surface area contributed by atoms with Gasteiger partial charge in [-0.3, -0.25) is 14.5 Å². The van der Waals surface area contributed by atoms with E-state index in [9.17, 15) is 14.7 Å². The molecule has 3 aromatic rings. The second kappa shape index (κ2) is 15.4. The molecule has 2 N–H and O–H groups in total. The molecule has 2 aromatic heterocycles. The van der Waals surface area contributed by atoms with Crippen LogP contribution in [0.25, 0.3) is 0 Å². The molecule has 1 atom stereocenters. The number of fused-ring (bicyclic) bond motifs is 1. The van der Waals surface area contributed by atoms with Gasteiger partial charge in [0.05, 0.1) is 11.8 Å². The zero-order chi connectivity index (χ0) is 32.8. The zero-order valence-corrected chi connectivity index (χ0v) is 27.9. The number of benzene rings is 1. The zero-order valence-electron chi connectivity index (χ0n) is 27.9. The number of piperidine rings is 1. The first-order valence-electron chi connectivity index (χ1n) is 17.4. The van der Waals surface area contributed by atoms with Crippen LogP contribution in [-0.4, -0.2) is 74.9 Å². The number of carbonyl (C=O) groups excluding carboxylic acids is 2. The lowest BCUT2D eigenvalue weighted by molar-refractivity contribution is -0.129. The number of ether oxygens (including phenoxy) is 1. The molecule has 10 heteroatoms. The van der Waals surface area contributed by atoms with Crippen molar-refractivity contribution in [1.29, 1.82) is 0 Å². The second-order valence-electron chi connectivity index (χ2n) is 13.6. The van der Waals surface area contributed by atoms with Crippen LogP contribution in [-0.2, 0) is 24.4 Å². The fourth-order valence-electron chi connectivity index (χ4n) is 7.22. The van der Waals surface area contributed by atoms with Gasteiger partial charge >= 0.3 is 0 Å². The Kier molecular flexibility index (Phi) is 10.9. The normalized spacial score (nSPS) is 18.5. The summed E-state index contributed by atoms with van der Waals surface area (Å²) < 4.78 is 11.3. The Morgan fingerprint density at radius 1 is 1.06 bits per heavy atom. The summed E-state index contributed by atoms with van der Waals surface area (Å²) in [5, 5.41) is 14.6. The molecule has 4 heterocycles. The van der Waals surface area contributed by atoms with Gasteiger partial charge in [0, 0.05) is 69.3 Å². The van der Waals surface area contributed by atoms with Crippen LogP contribution < -0.4 is 10.1 Å². The lowest BCUT2D eigenvalue weighted by Gasteiger charge is -2.32. The Balaban J connectivity index is 1.02. The van der Waals surface area contributed by atoms with Crippen molar-refractivity contribution >= 4 is 17.5 Å². The van der Waals surface area contributed by atoms with Gasteiger partial charge in [-0.1, -0.05) is 25.3 Å². The molecular weight excluding hydrogens is 594 g/mol. The number of pyridine rings is 1. The average molecular weight is 644 g/mol. The molecule has 1 saturated heterocycles. The topological polar surface area (TPSA) is 121 Å². The number of nitrogens with one attached hydrogen (secondary N) is 1. The molecule has 1 aromatic carbocycles. The molecule has 1 saturated carbocycles. The van der Waals surface area contributed by atoms with Crippen LogP contribution in [0.1, 0.15) is 109 Å². The maximum absolute atomic E-state index is 13.5. The summed E-state index contributed by atoms with van der Waals surface area (Å²) in [5.41, 5.74) is 5.03. The Morgan fingerprint density at radius 3 is 2.62 bits per heavy atom. The number of ketones is 1. The molecule has 1 aliphatic carbocycles. The van der Waals surface area contributed by atoms with Crippen LogP contribution in [0.2, 0.25) is 0 Å². The predicted molar refractivity (Wildman–Crippen MR) is 180 cm³/mol. The van der Waals surface area contributed by atoms with E-state index in [1.807, 2.05) is 30.0 Å². The molecule has 1 amide bonds. The fourth-order valence-corrected chi connectivity index (χ4v) is 7.22. The maximum Gasteiger partial charge on any atom is 0.219 e. The highest BCUT2D eigenvalue weighted by atomic mass is 16.5. The van der Waals surface area contributed by atoms with Crippen molar-refractivity contribution in [3.05, 3.63) is 70.6 Å². The number of amides is 1. The number of likely N-dealkylation sites (tertiary alicyclic amines) is 1. The molecule has 0 bridgehead atoms. The highest BCUT2D eigenvalue weighted by Crippen LogP contribution is 2.33. The van der Waals surface area contributed by atoms with Crippen LogP contribution in [0, 0.1) is 6.92 Å². The number of anilines is 1. The lowest BCUT2D eigenvalue weighted by atomic mass is 9.86. The molecular formula is C37H49N5O5. The summed E-state index contributed by atoms with van der Waals surface area (Å²) in [5.74, 6) is 2.85. The average Bonchev–Trinajstić information content (AvgIpc) is 3.50. The van der Waals surface area contributed by atoms with Gasteiger partial charge < -0.3 is 24.5 Å². The van der Waals surface area contributed by atoms with E-state index in [0.29, 0.717) is 37.5 Å². The molecule has 2 fully saturated rings. The first kappa shape index (κ1) is 33.2. The largest absolute Gasteiger partial charge is 0.486 e. The fraction of sp³-hybridized carbons (Fsp3) is 0.568. The van der Waals surface area contributed by atoms with Gasteiger partial charge in [-0.05, 0) is 80.8 Å². The molecule has 0 spiro atoms. The van der Waals surface area contributed by atoms with Crippen LogP contribution in [0.5, 0.6) is 5.75 Å². The van der Waals surface area contributed by atoms with Gasteiger partial charge in [0.2, 0.25) is 5.91 Å². The third-order valence-electron chi connectivity index (χ3n) is 10.1. The third kappa shape index (κ3) is 8.78. The van der Waals surface area contributed by atoms with Gasteiger partial charge in [0.1, 0.15) is 18.2 Å². The third-order valence-corrected chi connectivity index (χ3v) is 10.1. The minimum Gasteiger partial charge on any atom is -0.486 e. The number of Topliss-reactive ketones (excluding diaryl/α,β-unsaturated/α-hetero) is 1. The van der Waals surface area contributed by atoms with E-state index in [2.05, 4.69) is 27.3 Å². The number of hydrogen-bond acceptors (Lipinski definition) is 9.